The lowest BCUT2D eigenvalue weighted by Crippen LogP contribution is -2.47. The largest absolute Gasteiger partial charge is 0.492 e. The van der Waals surface area contributed by atoms with Gasteiger partial charge in [-0.25, -0.2) is 4.79 Å². The van der Waals surface area contributed by atoms with E-state index >= 15 is 0 Å². The van der Waals surface area contributed by atoms with Gasteiger partial charge in [0.15, 0.2) is 0 Å². The molecule has 3 aromatic carbocycles. The maximum atomic E-state index is 13.1. The summed E-state index contributed by atoms with van der Waals surface area (Å²) in [6.45, 7) is 9.78. The highest BCUT2D eigenvalue weighted by atomic mass is 16.5. The van der Waals surface area contributed by atoms with Crippen LogP contribution >= 0.6 is 0 Å². The molecule has 1 aliphatic rings. The minimum atomic E-state index is -0.582. The third kappa shape index (κ3) is 7.57. The van der Waals surface area contributed by atoms with Gasteiger partial charge in [0.1, 0.15) is 5.75 Å². The number of ether oxygens (including phenoxy) is 1. The molecule has 1 fully saturated rings. The van der Waals surface area contributed by atoms with Crippen LogP contribution in [-0.2, 0) is 5.41 Å². The highest BCUT2D eigenvalue weighted by Crippen LogP contribution is 2.27. The van der Waals surface area contributed by atoms with Gasteiger partial charge in [-0.15, -0.1) is 0 Å². The number of rotatable bonds is 8. The summed E-state index contributed by atoms with van der Waals surface area (Å²) in [6, 6.07) is 19.5. The molecule has 1 aliphatic heterocycles. The van der Waals surface area contributed by atoms with E-state index in [4.69, 9.17) is 10.5 Å². The van der Waals surface area contributed by atoms with Crippen LogP contribution in [0.5, 0.6) is 5.75 Å². The minimum absolute atomic E-state index is 0.0104. The van der Waals surface area contributed by atoms with Gasteiger partial charge in [0.2, 0.25) is 0 Å². The smallest absolute Gasteiger partial charge is 0.322 e. The molecule has 1 atom stereocenters. The van der Waals surface area contributed by atoms with E-state index in [1.165, 1.54) is 0 Å². The molecule has 0 aliphatic carbocycles. The van der Waals surface area contributed by atoms with E-state index < -0.39 is 5.91 Å². The number of primary amides is 1. The highest BCUT2D eigenvalue weighted by Gasteiger charge is 2.25. The molecular formula is C32H39N5O4. The first-order chi connectivity index (χ1) is 19.5. The Balaban J connectivity index is 1.45. The van der Waals surface area contributed by atoms with Crippen LogP contribution in [0.25, 0.3) is 0 Å². The number of hydrogen-bond acceptors (Lipinski definition) is 5. The second-order valence-corrected chi connectivity index (χ2v) is 11.2. The molecule has 0 radical (unpaired) electrons. The number of hydrogen-bond donors (Lipinski definition) is 4. The molecule has 0 saturated carbocycles. The Labute approximate surface area is 241 Å². The lowest BCUT2D eigenvalue weighted by atomic mass is 9.87. The van der Waals surface area contributed by atoms with E-state index in [1.807, 2.05) is 37.3 Å². The summed E-state index contributed by atoms with van der Waals surface area (Å²) in [4.78, 5) is 40.0. The summed E-state index contributed by atoms with van der Waals surface area (Å²) in [6.07, 6.45) is 1.58. The molecular weight excluding hydrogens is 518 g/mol. The normalized spacial score (nSPS) is 15.1. The topological polar surface area (TPSA) is 126 Å². The van der Waals surface area contributed by atoms with Crippen LogP contribution in [-0.4, -0.2) is 48.5 Å². The maximum absolute atomic E-state index is 13.1. The molecule has 41 heavy (non-hydrogen) atoms. The zero-order valence-electron chi connectivity index (χ0n) is 24.1. The molecule has 0 spiro atoms. The van der Waals surface area contributed by atoms with Crippen molar-refractivity contribution in [2.75, 3.05) is 35.6 Å². The molecule has 4 amide bonds. The van der Waals surface area contributed by atoms with Gasteiger partial charge in [0, 0.05) is 36.1 Å². The summed E-state index contributed by atoms with van der Waals surface area (Å²) >= 11 is 0. The van der Waals surface area contributed by atoms with Gasteiger partial charge < -0.3 is 31.3 Å². The Morgan fingerprint density at radius 2 is 1.71 bits per heavy atom. The van der Waals surface area contributed by atoms with E-state index in [0.717, 1.165) is 18.4 Å². The zero-order chi connectivity index (χ0) is 29.6. The van der Waals surface area contributed by atoms with Crippen molar-refractivity contribution in [3.8, 4) is 5.75 Å². The van der Waals surface area contributed by atoms with Crippen LogP contribution in [0.15, 0.2) is 66.7 Å². The monoisotopic (exact) mass is 557 g/mol. The Kier molecular flexibility index (Phi) is 9.17. The Hall–Kier alpha value is -4.53. The Bertz CT molecular complexity index is 1400. The van der Waals surface area contributed by atoms with Gasteiger partial charge in [-0.2, -0.15) is 0 Å². The number of anilines is 3. The maximum Gasteiger partial charge on any atom is 0.322 e. The summed E-state index contributed by atoms with van der Waals surface area (Å²) in [5.74, 6) is -0.220. The van der Waals surface area contributed by atoms with Crippen molar-refractivity contribution >= 4 is 34.9 Å². The number of likely N-dealkylation sites (tertiary alicyclic amines) is 1. The fourth-order valence-electron chi connectivity index (χ4n) is 4.83. The van der Waals surface area contributed by atoms with Crippen molar-refractivity contribution in [1.82, 2.24) is 4.90 Å². The van der Waals surface area contributed by atoms with Gasteiger partial charge in [-0.3, -0.25) is 9.59 Å². The highest BCUT2D eigenvalue weighted by molar-refractivity contribution is 6.05. The number of nitrogens with two attached hydrogens (primary N) is 1. The second kappa shape index (κ2) is 12.8. The quantitative estimate of drug-likeness (QED) is 0.277. The van der Waals surface area contributed by atoms with Crippen molar-refractivity contribution in [2.45, 2.75) is 52.0 Å². The number of piperidine rings is 1. The molecule has 1 saturated heterocycles. The van der Waals surface area contributed by atoms with Gasteiger partial charge in [-0.05, 0) is 73.2 Å². The summed E-state index contributed by atoms with van der Waals surface area (Å²) < 4.78 is 5.63. The molecule has 216 valence electrons. The van der Waals surface area contributed by atoms with Crippen LogP contribution in [0.2, 0.25) is 0 Å². The first-order valence-corrected chi connectivity index (χ1v) is 13.9. The van der Waals surface area contributed by atoms with Crippen LogP contribution in [0.3, 0.4) is 0 Å². The van der Waals surface area contributed by atoms with E-state index in [2.05, 4.69) is 36.7 Å². The first-order valence-electron chi connectivity index (χ1n) is 13.9. The van der Waals surface area contributed by atoms with Crippen LogP contribution in [0, 0.1) is 0 Å². The minimum Gasteiger partial charge on any atom is -0.492 e. The zero-order valence-corrected chi connectivity index (χ0v) is 24.1. The molecule has 5 N–H and O–H groups in total. The van der Waals surface area contributed by atoms with Gasteiger partial charge in [-0.1, -0.05) is 45.0 Å². The molecule has 1 heterocycles. The predicted molar refractivity (Wildman–Crippen MR) is 163 cm³/mol. The number of urea groups is 1. The van der Waals surface area contributed by atoms with Crippen LogP contribution in [0.1, 0.15) is 66.8 Å². The van der Waals surface area contributed by atoms with Crippen LogP contribution in [0.4, 0.5) is 21.9 Å². The molecule has 3 aromatic rings. The van der Waals surface area contributed by atoms with E-state index in [0.29, 0.717) is 53.6 Å². The van der Waals surface area contributed by atoms with Crippen LogP contribution < -0.4 is 26.4 Å². The number of nitrogens with one attached hydrogen (secondary N) is 3. The lowest BCUT2D eigenvalue weighted by molar-refractivity contribution is 0.0998. The van der Waals surface area contributed by atoms with E-state index in [-0.39, 0.29) is 23.4 Å². The third-order valence-electron chi connectivity index (χ3n) is 7.05. The molecule has 0 bridgehead atoms. The number of carbonyl (C=O) groups excluding carboxylic acids is 3. The number of benzene rings is 3. The van der Waals surface area contributed by atoms with Crippen molar-refractivity contribution in [1.29, 1.82) is 0 Å². The van der Waals surface area contributed by atoms with E-state index in [1.54, 1.807) is 41.3 Å². The lowest BCUT2D eigenvalue weighted by Gasteiger charge is -2.34. The summed E-state index contributed by atoms with van der Waals surface area (Å²) in [5, 5.41) is 9.25. The molecule has 4 rings (SSSR count). The Morgan fingerprint density at radius 3 is 2.39 bits per heavy atom. The van der Waals surface area contributed by atoms with Gasteiger partial charge in [0.05, 0.1) is 17.9 Å². The van der Waals surface area contributed by atoms with Gasteiger partial charge >= 0.3 is 6.03 Å². The number of amides is 4. The van der Waals surface area contributed by atoms with Gasteiger partial charge in [0.25, 0.3) is 11.8 Å². The van der Waals surface area contributed by atoms with Crippen molar-refractivity contribution in [3.63, 3.8) is 0 Å². The number of para-hydroxylation sites is 2. The van der Waals surface area contributed by atoms with Crippen molar-refractivity contribution in [3.05, 3.63) is 83.4 Å². The van der Waals surface area contributed by atoms with Crippen molar-refractivity contribution < 1.29 is 19.1 Å². The molecule has 9 heteroatoms. The van der Waals surface area contributed by atoms with Crippen molar-refractivity contribution in [2.24, 2.45) is 5.73 Å². The van der Waals surface area contributed by atoms with E-state index in [9.17, 15) is 14.4 Å². The summed E-state index contributed by atoms with van der Waals surface area (Å²) in [5.41, 5.74) is 9.28. The fraction of sp³-hybridized carbons (Fsp3) is 0.344. The molecule has 0 aromatic heterocycles. The first kappa shape index (κ1) is 29.5. The molecule has 1 unspecified atom stereocenters. The predicted octanol–water partition coefficient (Wildman–Crippen LogP) is 5.84. The SMILES string of the molecule is CCOc1ccccc1NC(=O)N1CCCC(Nc2cc(NC(=O)c3ccc(C(C)(C)C)cc3)ccc2C(N)=O)C1. The number of carbonyl (C=O) groups is 3. The standard InChI is InChI=1S/C32H39N5O4/c1-5-41-28-11-7-6-10-26(28)36-31(40)37-18-8-9-24(20-37)34-27-19-23(16-17-25(27)29(33)38)35-30(39)21-12-14-22(15-13-21)32(2,3)4/h6-7,10-17,19,24,34H,5,8-9,18,20H2,1-4H3,(H2,33,38)(H,35,39)(H,36,40). The average molecular weight is 558 g/mol. The Morgan fingerprint density at radius 1 is 0.976 bits per heavy atom. The molecule has 9 nitrogen and oxygen atoms in total. The third-order valence-corrected chi connectivity index (χ3v) is 7.05. The number of nitrogens with zero attached hydrogens (tertiary/aromatic N) is 1. The fourth-order valence-corrected chi connectivity index (χ4v) is 4.83. The average Bonchev–Trinajstić information content (AvgIpc) is 2.94. The summed E-state index contributed by atoms with van der Waals surface area (Å²) in [7, 11) is 0. The second-order valence-electron chi connectivity index (χ2n) is 11.2.